The first-order valence-electron chi connectivity index (χ1n) is 7.46. The highest BCUT2D eigenvalue weighted by Gasteiger charge is 2.39. The Balaban J connectivity index is 0.00000161. The Bertz CT molecular complexity index is 517. The van der Waals surface area contributed by atoms with Crippen LogP contribution in [0.2, 0.25) is 0 Å². The minimum absolute atomic E-state index is 0. The number of halogens is 1. The highest BCUT2D eigenvalue weighted by molar-refractivity contribution is 5.54. The average Bonchev–Trinajstić information content (AvgIpc) is 2.87. The maximum absolute atomic E-state index is 10.9. The summed E-state index contributed by atoms with van der Waals surface area (Å²) in [7, 11) is 0. The summed E-state index contributed by atoms with van der Waals surface area (Å²) in [6.07, 6.45) is 2.70. The smallest absolute Gasteiger partial charge is 0.271 e. The molecule has 3 rings (SSSR count). The van der Waals surface area contributed by atoms with E-state index in [0.717, 1.165) is 12.2 Å². The van der Waals surface area contributed by atoms with Crippen LogP contribution in [-0.2, 0) is 0 Å². The molecule has 1 spiro atoms. The van der Waals surface area contributed by atoms with Gasteiger partial charge in [-0.3, -0.25) is 10.1 Å². The number of non-ortho nitro benzene ring substituents is 1. The van der Waals surface area contributed by atoms with E-state index < -0.39 is 0 Å². The Morgan fingerprint density at radius 1 is 1.29 bits per heavy atom. The molecule has 0 N–H and O–H groups in total. The van der Waals surface area contributed by atoms with Crippen molar-refractivity contribution in [3.63, 3.8) is 0 Å². The van der Waals surface area contributed by atoms with E-state index in [1.54, 1.807) is 18.2 Å². The molecule has 1 atom stereocenters. The van der Waals surface area contributed by atoms with Crippen LogP contribution in [0.25, 0.3) is 0 Å². The van der Waals surface area contributed by atoms with Gasteiger partial charge in [0.05, 0.1) is 43.7 Å². The van der Waals surface area contributed by atoms with Crippen LogP contribution in [0.5, 0.6) is 0 Å². The zero-order valence-electron chi connectivity index (χ0n) is 12.4. The molecule has 116 valence electrons. The van der Waals surface area contributed by atoms with E-state index in [9.17, 15) is 10.1 Å². The fraction of sp³-hybridized carbons (Fsp3) is 0.600. The maximum Gasteiger partial charge on any atom is 0.271 e. The van der Waals surface area contributed by atoms with Crippen molar-refractivity contribution in [2.45, 2.75) is 25.8 Å². The molecule has 0 unspecified atom stereocenters. The summed E-state index contributed by atoms with van der Waals surface area (Å²) in [5.41, 5.74) is 1.18. The SMILES string of the molecule is C[C@H]1C[N+]2(CCCC2)CCN1c1cccc([N+](=O)[O-])c1.[Br-]. The third-order valence-electron chi connectivity index (χ3n) is 4.89. The van der Waals surface area contributed by atoms with E-state index >= 15 is 0 Å². The van der Waals surface area contributed by atoms with Crippen LogP contribution in [-0.4, -0.2) is 48.2 Å². The van der Waals surface area contributed by atoms with Gasteiger partial charge in [-0.05, 0) is 13.0 Å². The van der Waals surface area contributed by atoms with Crippen molar-refractivity contribution in [1.29, 1.82) is 0 Å². The van der Waals surface area contributed by atoms with Gasteiger partial charge in [-0.25, -0.2) is 0 Å². The van der Waals surface area contributed by atoms with Crippen molar-refractivity contribution >= 4 is 11.4 Å². The van der Waals surface area contributed by atoms with Crippen LogP contribution in [0.15, 0.2) is 24.3 Å². The summed E-state index contributed by atoms with van der Waals surface area (Å²) in [5.74, 6) is 0. The van der Waals surface area contributed by atoms with Crippen LogP contribution in [0.1, 0.15) is 19.8 Å². The monoisotopic (exact) mass is 355 g/mol. The third kappa shape index (κ3) is 3.21. The van der Waals surface area contributed by atoms with E-state index in [4.69, 9.17) is 0 Å². The molecule has 0 bridgehead atoms. The Morgan fingerprint density at radius 3 is 2.62 bits per heavy atom. The van der Waals surface area contributed by atoms with Crippen LogP contribution < -0.4 is 21.9 Å². The third-order valence-corrected chi connectivity index (χ3v) is 4.89. The van der Waals surface area contributed by atoms with E-state index in [1.807, 2.05) is 6.07 Å². The van der Waals surface area contributed by atoms with Gasteiger partial charge in [-0.15, -0.1) is 0 Å². The topological polar surface area (TPSA) is 46.4 Å². The van der Waals surface area contributed by atoms with Crippen LogP contribution in [0.3, 0.4) is 0 Å². The minimum Gasteiger partial charge on any atom is -1.00 e. The number of hydrogen-bond acceptors (Lipinski definition) is 3. The van der Waals surface area contributed by atoms with Crippen molar-refractivity contribution in [3.8, 4) is 0 Å². The largest absolute Gasteiger partial charge is 1.00 e. The molecule has 2 aliphatic rings. The second kappa shape index (κ2) is 6.32. The molecule has 2 saturated heterocycles. The van der Waals surface area contributed by atoms with E-state index in [-0.39, 0.29) is 27.6 Å². The molecule has 0 aromatic heterocycles. The molecular formula is C15H22BrN3O2. The number of quaternary nitrogens is 1. The molecular weight excluding hydrogens is 334 g/mol. The maximum atomic E-state index is 10.9. The van der Waals surface area contributed by atoms with Gasteiger partial charge in [-0.2, -0.15) is 0 Å². The van der Waals surface area contributed by atoms with Gasteiger partial charge in [-0.1, -0.05) is 6.07 Å². The predicted octanol–water partition coefficient (Wildman–Crippen LogP) is -0.582. The summed E-state index contributed by atoms with van der Waals surface area (Å²) < 4.78 is 1.26. The Morgan fingerprint density at radius 2 is 2.00 bits per heavy atom. The summed E-state index contributed by atoms with van der Waals surface area (Å²) >= 11 is 0. The van der Waals surface area contributed by atoms with E-state index in [0.29, 0.717) is 6.04 Å². The second-order valence-electron chi connectivity index (χ2n) is 6.22. The molecule has 0 aliphatic carbocycles. The Labute approximate surface area is 136 Å². The molecule has 0 amide bonds. The molecule has 1 aromatic carbocycles. The van der Waals surface area contributed by atoms with Gasteiger partial charge in [0.25, 0.3) is 5.69 Å². The molecule has 2 heterocycles. The molecule has 0 saturated carbocycles. The highest BCUT2D eigenvalue weighted by atomic mass is 79.9. The summed E-state index contributed by atoms with van der Waals surface area (Å²) in [4.78, 5) is 12.9. The van der Waals surface area contributed by atoms with Crippen molar-refractivity contribution in [2.75, 3.05) is 37.6 Å². The average molecular weight is 356 g/mol. The molecule has 0 radical (unpaired) electrons. The normalized spacial score (nSPS) is 23.9. The van der Waals surface area contributed by atoms with Crippen molar-refractivity contribution in [2.24, 2.45) is 0 Å². The van der Waals surface area contributed by atoms with Crippen molar-refractivity contribution in [3.05, 3.63) is 34.4 Å². The van der Waals surface area contributed by atoms with Gasteiger partial charge in [0.2, 0.25) is 0 Å². The minimum atomic E-state index is -0.313. The van der Waals surface area contributed by atoms with E-state index in [2.05, 4.69) is 11.8 Å². The fourth-order valence-corrected chi connectivity index (χ4v) is 3.87. The van der Waals surface area contributed by atoms with Gasteiger partial charge in [0, 0.05) is 30.7 Å². The number of hydrogen-bond donors (Lipinski definition) is 0. The Hall–Kier alpha value is -1.14. The van der Waals surface area contributed by atoms with Gasteiger partial charge >= 0.3 is 0 Å². The van der Waals surface area contributed by atoms with Crippen molar-refractivity contribution in [1.82, 2.24) is 0 Å². The number of benzene rings is 1. The highest BCUT2D eigenvalue weighted by Crippen LogP contribution is 2.29. The number of anilines is 1. The van der Waals surface area contributed by atoms with Gasteiger partial charge in [0.1, 0.15) is 0 Å². The Kier molecular flexibility index (Phi) is 4.88. The number of rotatable bonds is 2. The van der Waals surface area contributed by atoms with Crippen molar-refractivity contribution < 1.29 is 26.4 Å². The van der Waals surface area contributed by atoms with Crippen LogP contribution in [0, 0.1) is 10.1 Å². The molecule has 2 fully saturated rings. The standard InChI is InChI=1S/C15H22N3O2.BrH/c1-13-12-18(8-2-3-9-18)10-7-16(13)14-5-4-6-15(11-14)17(19)20;/h4-6,11,13H,2-3,7-10,12H2,1H3;1H/q+1;/p-1/t13-;/m0./s1. The lowest BCUT2D eigenvalue weighted by Crippen LogP contribution is -3.00. The quantitative estimate of drug-likeness (QED) is 0.405. The molecule has 2 aliphatic heterocycles. The number of nitro benzene ring substituents is 1. The zero-order chi connectivity index (χ0) is 14.2. The first-order valence-corrected chi connectivity index (χ1v) is 7.46. The number of piperazine rings is 1. The molecule has 6 heteroatoms. The second-order valence-corrected chi connectivity index (χ2v) is 6.22. The van der Waals surface area contributed by atoms with Gasteiger partial charge in [0.15, 0.2) is 0 Å². The lowest BCUT2D eigenvalue weighted by Gasteiger charge is -2.46. The molecule has 1 aromatic rings. The summed E-state index contributed by atoms with van der Waals surface area (Å²) in [6.45, 7) is 8.22. The number of nitro groups is 1. The lowest BCUT2D eigenvalue weighted by atomic mass is 10.1. The first kappa shape index (κ1) is 16.2. The van der Waals surface area contributed by atoms with Gasteiger partial charge < -0.3 is 26.4 Å². The first-order chi connectivity index (χ1) is 9.60. The van der Waals surface area contributed by atoms with Crippen LogP contribution >= 0.6 is 0 Å². The van der Waals surface area contributed by atoms with E-state index in [1.165, 1.54) is 43.5 Å². The van der Waals surface area contributed by atoms with Crippen LogP contribution in [0.4, 0.5) is 11.4 Å². The summed E-state index contributed by atoms with van der Waals surface area (Å²) in [6, 6.07) is 7.49. The number of nitrogens with zero attached hydrogens (tertiary/aromatic N) is 3. The summed E-state index contributed by atoms with van der Waals surface area (Å²) in [5, 5.41) is 10.9. The predicted molar refractivity (Wildman–Crippen MR) is 78.9 cm³/mol. The molecule has 5 nitrogen and oxygen atoms in total. The zero-order valence-corrected chi connectivity index (χ0v) is 14.0. The fourth-order valence-electron chi connectivity index (χ4n) is 3.87. The molecule has 21 heavy (non-hydrogen) atoms. The lowest BCUT2D eigenvalue weighted by molar-refractivity contribution is -0.919.